The number of pyridine rings is 1. The van der Waals surface area contributed by atoms with Crippen molar-refractivity contribution in [3.8, 4) is 0 Å². The van der Waals surface area contributed by atoms with Gasteiger partial charge in [0.05, 0.1) is 17.9 Å². The fraction of sp³-hybridized carbons (Fsp3) is 0.174. The minimum Gasteiger partial charge on any atom is -0.321 e. The number of hydrogen-bond donors (Lipinski definition) is 1. The van der Waals surface area contributed by atoms with Gasteiger partial charge in [-0.05, 0) is 48.9 Å². The van der Waals surface area contributed by atoms with Crippen molar-refractivity contribution in [3.63, 3.8) is 0 Å². The van der Waals surface area contributed by atoms with Crippen LogP contribution in [0.5, 0.6) is 0 Å². The van der Waals surface area contributed by atoms with Crippen LogP contribution in [0.2, 0.25) is 5.02 Å². The van der Waals surface area contributed by atoms with Gasteiger partial charge in [0, 0.05) is 41.5 Å². The molecule has 4 rings (SSSR count). The number of hydrogen-bond acceptors (Lipinski definition) is 4. The predicted molar refractivity (Wildman–Crippen MR) is 121 cm³/mol. The number of aromatic nitrogens is 1. The standard InChI is InChI=1S/C23H21ClN4O2/c1-16-12-13-28(26-16)20-9-6-17(7-10-20)23(30)25-19-8-11-22(29)27(15-19)14-18-4-2-3-5-21(18)24/h2-11,15H,12-14H2,1H3,(H,25,30). The van der Waals surface area contributed by atoms with Crippen molar-refractivity contribution in [1.82, 2.24) is 4.57 Å². The van der Waals surface area contributed by atoms with Crippen molar-refractivity contribution in [2.45, 2.75) is 19.9 Å². The summed E-state index contributed by atoms with van der Waals surface area (Å²) in [7, 11) is 0. The van der Waals surface area contributed by atoms with Crippen LogP contribution in [0.1, 0.15) is 29.3 Å². The first-order valence-electron chi connectivity index (χ1n) is 9.66. The number of nitrogens with zero attached hydrogens (tertiary/aromatic N) is 3. The number of carbonyl (C=O) groups is 1. The summed E-state index contributed by atoms with van der Waals surface area (Å²) in [6, 6.07) is 17.7. The van der Waals surface area contributed by atoms with Crippen LogP contribution in [-0.2, 0) is 6.54 Å². The molecule has 1 aliphatic heterocycles. The second kappa shape index (κ2) is 8.55. The number of rotatable bonds is 5. The van der Waals surface area contributed by atoms with Crippen LogP contribution in [0, 0.1) is 0 Å². The summed E-state index contributed by atoms with van der Waals surface area (Å²) in [5, 5.41) is 9.84. The van der Waals surface area contributed by atoms with E-state index in [0.717, 1.165) is 29.9 Å². The first-order valence-corrected chi connectivity index (χ1v) is 10.0. The third-order valence-electron chi connectivity index (χ3n) is 4.94. The van der Waals surface area contributed by atoms with E-state index >= 15 is 0 Å². The van der Waals surface area contributed by atoms with E-state index in [0.29, 0.717) is 22.8 Å². The molecule has 0 radical (unpaired) electrons. The van der Waals surface area contributed by atoms with E-state index in [1.165, 1.54) is 10.6 Å². The third kappa shape index (κ3) is 4.44. The molecule has 2 heterocycles. The lowest BCUT2D eigenvalue weighted by atomic mass is 10.2. The molecular weight excluding hydrogens is 400 g/mol. The Bertz CT molecular complexity index is 1170. The van der Waals surface area contributed by atoms with E-state index in [2.05, 4.69) is 10.4 Å². The maximum Gasteiger partial charge on any atom is 0.255 e. The Labute approximate surface area is 179 Å². The Kier molecular flexibility index (Phi) is 5.68. The summed E-state index contributed by atoms with van der Waals surface area (Å²) in [5.74, 6) is -0.245. The molecule has 0 saturated carbocycles. The van der Waals surface area contributed by atoms with Crippen LogP contribution in [0.15, 0.2) is 76.8 Å². The van der Waals surface area contributed by atoms with Gasteiger partial charge in [0.2, 0.25) is 0 Å². The zero-order chi connectivity index (χ0) is 21.1. The molecule has 0 aliphatic carbocycles. The van der Waals surface area contributed by atoms with Crippen LogP contribution in [0.25, 0.3) is 0 Å². The highest BCUT2D eigenvalue weighted by Crippen LogP contribution is 2.20. The Morgan fingerprint density at radius 2 is 1.87 bits per heavy atom. The highest BCUT2D eigenvalue weighted by molar-refractivity contribution is 6.31. The lowest BCUT2D eigenvalue weighted by Crippen LogP contribution is -2.21. The molecule has 2 aromatic carbocycles. The maximum absolute atomic E-state index is 12.6. The molecule has 30 heavy (non-hydrogen) atoms. The Morgan fingerprint density at radius 3 is 2.57 bits per heavy atom. The zero-order valence-corrected chi connectivity index (χ0v) is 17.3. The quantitative estimate of drug-likeness (QED) is 0.665. The Balaban J connectivity index is 1.48. The molecule has 1 aliphatic rings. The van der Waals surface area contributed by atoms with E-state index in [1.807, 2.05) is 42.3 Å². The van der Waals surface area contributed by atoms with Gasteiger partial charge < -0.3 is 9.88 Å². The van der Waals surface area contributed by atoms with E-state index in [-0.39, 0.29) is 11.5 Å². The predicted octanol–water partition coefficient (Wildman–Crippen LogP) is 4.39. The first-order chi connectivity index (χ1) is 14.5. The number of amides is 1. The molecule has 0 atom stereocenters. The average Bonchev–Trinajstić information content (AvgIpc) is 3.18. The highest BCUT2D eigenvalue weighted by atomic mass is 35.5. The molecule has 152 valence electrons. The molecule has 1 aromatic heterocycles. The normalized spacial score (nSPS) is 13.3. The largest absolute Gasteiger partial charge is 0.321 e. The lowest BCUT2D eigenvalue weighted by Gasteiger charge is -2.14. The number of halogens is 1. The van der Waals surface area contributed by atoms with Crippen LogP contribution < -0.4 is 15.9 Å². The molecule has 0 spiro atoms. The summed E-state index contributed by atoms with van der Waals surface area (Å²) in [6.07, 6.45) is 2.58. The minimum absolute atomic E-state index is 0.168. The molecule has 1 amide bonds. The fourth-order valence-corrected chi connectivity index (χ4v) is 3.48. The van der Waals surface area contributed by atoms with Gasteiger partial charge in [-0.2, -0.15) is 5.10 Å². The molecule has 0 saturated heterocycles. The summed E-state index contributed by atoms with van der Waals surface area (Å²) >= 11 is 6.20. The highest BCUT2D eigenvalue weighted by Gasteiger charge is 2.14. The molecule has 1 N–H and O–H groups in total. The minimum atomic E-state index is -0.245. The van der Waals surface area contributed by atoms with Crippen LogP contribution >= 0.6 is 11.6 Å². The summed E-state index contributed by atoms with van der Waals surface area (Å²) in [4.78, 5) is 24.9. The second-order valence-electron chi connectivity index (χ2n) is 7.18. The Hall–Kier alpha value is -3.38. The van der Waals surface area contributed by atoms with E-state index < -0.39 is 0 Å². The monoisotopic (exact) mass is 420 g/mol. The zero-order valence-electron chi connectivity index (χ0n) is 16.5. The van der Waals surface area contributed by atoms with Gasteiger partial charge in [0.1, 0.15) is 0 Å². The molecular formula is C23H21ClN4O2. The van der Waals surface area contributed by atoms with E-state index in [1.54, 1.807) is 30.5 Å². The smallest absolute Gasteiger partial charge is 0.255 e. The van der Waals surface area contributed by atoms with Gasteiger partial charge in [-0.1, -0.05) is 29.8 Å². The van der Waals surface area contributed by atoms with Gasteiger partial charge >= 0.3 is 0 Å². The number of benzene rings is 2. The average molecular weight is 421 g/mol. The van der Waals surface area contributed by atoms with Crippen molar-refractivity contribution in [3.05, 3.63) is 93.4 Å². The molecule has 7 heteroatoms. The van der Waals surface area contributed by atoms with Crippen molar-refractivity contribution >= 4 is 34.6 Å². The fourth-order valence-electron chi connectivity index (χ4n) is 3.29. The summed E-state index contributed by atoms with van der Waals surface area (Å²) < 4.78 is 1.52. The molecule has 0 fully saturated rings. The van der Waals surface area contributed by atoms with Crippen molar-refractivity contribution in [2.24, 2.45) is 5.10 Å². The lowest BCUT2D eigenvalue weighted by molar-refractivity contribution is 0.102. The van der Waals surface area contributed by atoms with E-state index in [9.17, 15) is 9.59 Å². The van der Waals surface area contributed by atoms with Gasteiger partial charge in [-0.3, -0.25) is 14.6 Å². The van der Waals surface area contributed by atoms with E-state index in [4.69, 9.17) is 11.6 Å². The number of carbonyl (C=O) groups excluding carboxylic acids is 1. The molecule has 6 nitrogen and oxygen atoms in total. The number of nitrogens with one attached hydrogen (secondary N) is 1. The van der Waals surface area contributed by atoms with Gasteiger partial charge in [0.25, 0.3) is 11.5 Å². The first kappa shape index (κ1) is 19.9. The number of anilines is 2. The molecule has 3 aromatic rings. The second-order valence-corrected chi connectivity index (χ2v) is 7.59. The van der Waals surface area contributed by atoms with Crippen LogP contribution in [0.4, 0.5) is 11.4 Å². The SMILES string of the molecule is CC1=NN(c2ccc(C(=O)Nc3ccc(=O)n(Cc4ccccc4Cl)c3)cc2)CC1. The third-order valence-corrected chi connectivity index (χ3v) is 5.31. The topological polar surface area (TPSA) is 66.7 Å². The molecule has 0 bridgehead atoms. The maximum atomic E-state index is 12.6. The van der Waals surface area contributed by atoms with Crippen LogP contribution in [-0.4, -0.2) is 22.7 Å². The van der Waals surface area contributed by atoms with Crippen molar-refractivity contribution in [1.29, 1.82) is 0 Å². The summed E-state index contributed by atoms with van der Waals surface area (Å²) in [5.41, 5.74) is 3.79. The summed E-state index contributed by atoms with van der Waals surface area (Å²) in [6.45, 7) is 3.18. The Morgan fingerprint density at radius 1 is 1.10 bits per heavy atom. The van der Waals surface area contributed by atoms with Gasteiger partial charge in [-0.25, -0.2) is 0 Å². The van der Waals surface area contributed by atoms with Gasteiger partial charge in [-0.15, -0.1) is 0 Å². The van der Waals surface area contributed by atoms with Gasteiger partial charge in [0.15, 0.2) is 0 Å². The van der Waals surface area contributed by atoms with Crippen molar-refractivity contribution in [2.75, 3.05) is 16.9 Å². The number of hydrazone groups is 1. The van der Waals surface area contributed by atoms with Crippen LogP contribution in [0.3, 0.4) is 0 Å². The molecule has 0 unspecified atom stereocenters. The van der Waals surface area contributed by atoms with Crippen molar-refractivity contribution < 1.29 is 4.79 Å².